The molecule has 2 unspecified atom stereocenters. The summed E-state index contributed by atoms with van der Waals surface area (Å²) in [5.74, 6) is 1.29. The zero-order valence-electron chi connectivity index (χ0n) is 18.1. The van der Waals surface area contributed by atoms with Gasteiger partial charge < -0.3 is 0 Å². The van der Waals surface area contributed by atoms with E-state index in [2.05, 4.69) is 32.5 Å². The lowest BCUT2D eigenvalue weighted by Gasteiger charge is -2.28. The molecule has 30 heavy (non-hydrogen) atoms. The molecule has 2 aromatic heterocycles. The summed E-state index contributed by atoms with van der Waals surface area (Å²) < 4.78 is 0. The number of aromatic nitrogens is 4. The van der Waals surface area contributed by atoms with Gasteiger partial charge in [0.15, 0.2) is 0 Å². The Bertz CT molecular complexity index is 764. The van der Waals surface area contributed by atoms with Gasteiger partial charge in [-0.1, -0.05) is 20.3 Å². The molecule has 0 radical (unpaired) electrons. The number of carbonyl (C=O) groups is 2. The van der Waals surface area contributed by atoms with Crippen molar-refractivity contribution in [2.24, 2.45) is 0 Å². The second-order valence-corrected chi connectivity index (χ2v) is 8.24. The fourth-order valence-corrected chi connectivity index (χ4v) is 4.06. The first-order chi connectivity index (χ1) is 14.6. The quantitative estimate of drug-likeness (QED) is 0.574. The van der Waals surface area contributed by atoms with Crippen LogP contribution in [0.2, 0.25) is 0 Å². The third kappa shape index (κ3) is 6.25. The van der Waals surface area contributed by atoms with Gasteiger partial charge in [0.25, 0.3) is 0 Å². The summed E-state index contributed by atoms with van der Waals surface area (Å²) >= 11 is 0. The minimum atomic E-state index is 0.264. The minimum Gasteiger partial charge on any atom is -0.300 e. The largest absolute Gasteiger partial charge is 0.300 e. The molecule has 6 heteroatoms. The number of Topliss-reactive ketones (excluding diaryl/α,β-unsaturated/α-hetero) is 2. The summed E-state index contributed by atoms with van der Waals surface area (Å²) in [6.45, 7) is 3.78. The summed E-state index contributed by atoms with van der Waals surface area (Å²) in [7, 11) is 0. The fraction of sp³-hybridized carbons (Fsp3) is 0.583. The average molecular weight is 409 g/mol. The van der Waals surface area contributed by atoms with Crippen LogP contribution in [-0.2, 0) is 22.4 Å². The predicted octanol–water partition coefficient (Wildman–Crippen LogP) is 4.53. The van der Waals surface area contributed by atoms with Gasteiger partial charge in [0.05, 0.1) is 22.8 Å². The molecule has 1 aliphatic carbocycles. The fourth-order valence-electron chi connectivity index (χ4n) is 4.06. The van der Waals surface area contributed by atoms with E-state index in [-0.39, 0.29) is 11.6 Å². The Morgan fingerprint density at radius 1 is 0.767 bits per heavy atom. The average Bonchev–Trinajstić information content (AvgIpc) is 2.81. The van der Waals surface area contributed by atoms with Crippen LogP contribution in [0, 0.1) is 0 Å². The van der Waals surface area contributed by atoms with E-state index in [1.807, 2.05) is 26.0 Å². The molecule has 0 aliphatic heterocycles. The number of ketones is 2. The molecule has 6 nitrogen and oxygen atoms in total. The van der Waals surface area contributed by atoms with Gasteiger partial charge in [0.1, 0.15) is 11.6 Å². The number of rotatable bonds is 10. The standard InChI is InChI=1S/C24H32N4O2/c1-3-21(29)12-8-19-10-14-23(27-25-19)17-6-5-7-18(16-17)24-15-11-20(26-28-24)9-13-22(30)4-2/h10-11,14-15,17-18H,3-9,12-13,16H2,1-2H3. The highest BCUT2D eigenvalue weighted by Gasteiger charge is 2.26. The molecule has 0 aromatic carbocycles. The van der Waals surface area contributed by atoms with E-state index in [0.29, 0.717) is 50.4 Å². The van der Waals surface area contributed by atoms with Gasteiger partial charge in [-0.2, -0.15) is 20.4 Å². The number of carbonyl (C=O) groups excluding carboxylic acids is 2. The van der Waals surface area contributed by atoms with Gasteiger partial charge in [0.2, 0.25) is 0 Å². The number of hydrogen-bond donors (Lipinski definition) is 0. The van der Waals surface area contributed by atoms with E-state index in [9.17, 15) is 9.59 Å². The first-order valence-electron chi connectivity index (χ1n) is 11.3. The van der Waals surface area contributed by atoms with E-state index in [1.165, 1.54) is 0 Å². The molecular weight excluding hydrogens is 376 g/mol. The van der Waals surface area contributed by atoms with Crippen molar-refractivity contribution in [2.75, 3.05) is 0 Å². The number of hydrogen-bond acceptors (Lipinski definition) is 6. The summed E-state index contributed by atoms with van der Waals surface area (Å²) in [6.07, 6.45) is 7.94. The lowest BCUT2D eigenvalue weighted by atomic mass is 9.78. The van der Waals surface area contributed by atoms with Crippen LogP contribution in [0.3, 0.4) is 0 Å². The van der Waals surface area contributed by atoms with E-state index >= 15 is 0 Å². The smallest absolute Gasteiger partial charge is 0.133 e. The van der Waals surface area contributed by atoms with Crippen molar-refractivity contribution in [1.82, 2.24) is 20.4 Å². The van der Waals surface area contributed by atoms with Crippen molar-refractivity contribution < 1.29 is 9.59 Å². The normalized spacial score (nSPS) is 18.9. The zero-order chi connectivity index (χ0) is 21.3. The van der Waals surface area contributed by atoms with Crippen LogP contribution in [0.25, 0.3) is 0 Å². The third-order valence-electron chi connectivity index (χ3n) is 6.10. The molecule has 2 aromatic rings. The van der Waals surface area contributed by atoms with Crippen LogP contribution >= 0.6 is 0 Å². The molecule has 1 saturated carbocycles. The van der Waals surface area contributed by atoms with Crippen LogP contribution in [-0.4, -0.2) is 32.0 Å². The maximum atomic E-state index is 11.5. The van der Waals surface area contributed by atoms with Crippen LogP contribution in [0.4, 0.5) is 0 Å². The summed E-state index contributed by atoms with van der Waals surface area (Å²) in [5.41, 5.74) is 3.84. The number of aryl methyl sites for hydroxylation is 2. The molecule has 0 amide bonds. The van der Waals surface area contributed by atoms with E-state index in [0.717, 1.165) is 48.5 Å². The molecule has 0 spiro atoms. The van der Waals surface area contributed by atoms with E-state index in [1.54, 1.807) is 0 Å². The van der Waals surface area contributed by atoms with Gasteiger partial charge in [-0.05, 0) is 56.4 Å². The Morgan fingerprint density at radius 2 is 1.23 bits per heavy atom. The SMILES string of the molecule is CCC(=O)CCc1ccc(C2CCCC(c3ccc(CCC(=O)CC)nn3)C2)nn1. The molecule has 160 valence electrons. The Balaban J connectivity index is 1.57. The Labute approximate surface area is 178 Å². The van der Waals surface area contributed by atoms with Crippen molar-refractivity contribution in [2.45, 2.75) is 89.9 Å². The molecule has 1 fully saturated rings. The van der Waals surface area contributed by atoms with Crippen LogP contribution in [0.5, 0.6) is 0 Å². The second kappa shape index (κ2) is 11.0. The topological polar surface area (TPSA) is 85.7 Å². The van der Waals surface area contributed by atoms with E-state index in [4.69, 9.17) is 0 Å². The van der Waals surface area contributed by atoms with Crippen molar-refractivity contribution in [1.29, 1.82) is 0 Å². The molecule has 2 heterocycles. The van der Waals surface area contributed by atoms with Gasteiger partial charge in [0, 0.05) is 37.5 Å². The molecular formula is C24H32N4O2. The number of nitrogens with zero attached hydrogens (tertiary/aromatic N) is 4. The molecule has 1 aliphatic rings. The lowest BCUT2D eigenvalue weighted by Crippen LogP contribution is -2.16. The molecule has 2 atom stereocenters. The Hall–Kier alpha value is -2.50. The Kier molecular flexibility index (Phi) is 8.17. The molecule has 0 N–H and O–H groups in total. The molecule has 0 saturated heterocycles. The maximum Gasteiger partial charge on any atom is 0.133 e. The second-order valence-electron chi connectivity index (χ2n) is 8.24. The van der Waals surface area contributed by atoms with Gasteiger partial charge in [-0.25, -0.2) is 0 Å². The lowest BCUT2D eigenvalue weighted by molar-refractivity contribution is -0.119. The van der Waals surface area contributed by atoms with Gasteiger partial charge in [-0.15, -0.1) is 0 Å². The van der Waals surface area contributed by atoms with Crippen molar-refractivity contribution in [3.8, 4) is 0 Å². The van der Waals surface area contributed by atoms with Gasteiger partial charge in [-0.3, -0.25) is 9.59 Å². The minimum absolute atomic E-state index is 0.264. The summed E-state index contributed by atoms with van der Waals surface area (Å²) in [6, 6.07) is 8.18. The van der Waals surface area contributed by atoms with Crippen LogP contribution < -0.4 is 0 Å². The van der Waals surface area contributed by atoms with Gasteiger partial charge >= 0.3 is 0 Å². The molecule has 3 rings (SSSR count). The third-order valence-corrected chi connectivity index (χ3v) is 6.10. The van der Waals surface area contributed by atoms with E-state index < -0.39 is 0 Å². The maximum absolute atomic E-state index is 11.5. The highest BCUT2D eigenvalue weighted by Crippen LogP contribution is 2.39. The Morgan fingerprint density at radius 3 is 1.60 bits per heavy atom. The first-order valence-corrected chi connectivity index (χ1v) is 11.3. The zero-order valence-corrected chi connectivity index (χ0v) is 18.1. The highest BCUT2D eigenvalue weighted by atomic mass is 16.1. The summed E-state index contributed by atoms with van der Waals surface area (Å²) in [5, 5.41) is 17.6. The van der Waals surface area contributed by atoms with Crippen LogP contribution in [0.1, 0.15) is 99.8 Å². The monoisotopic (exact) mass is 408 g/mol. The van der Waals surface area contributed by atoms with Crippen molar-refractivity contribution in [3.05, 3.63) is 47.0 Å². The van der Waals surface area contributed by atoms with Crippen molar-refractivity contribution in [3.63, 3.8) is 0 Å². The highest BCUT2D eigenvalue weighted by molar-refractivity contribution is 5.78. The predicted molar refractivity (Wildman–Crippen MR) is 115 cm³/mol. The molecule has 0 bridgehead atoms. The summed E-state index contributed by atoms with van der Waals surface area (Å²) in [4.78, 5) is 23.0. The van der Waals surface area contributed by atoms with Crippen molar-refractivity contribution >= 4 is 11.6 Å². The van der Waals surface area contributed by atoms with Crippen LogP contribution in [0.15, 0.2) is 24.3 Å². The first kappa shape index (κ1) is 22.2.